The Bertz CT molecular complexity index is 472. The number of aliphatic carboxylic acids is 1. The molecule has 0 bridgehead atoms. The Morgan fingerprint density at radius 3 is 2.65 bits per heavy atom. The van der Waals surface area contributed by atoms with Crippen LogP contribution in [0.2, 0.25) is 0 Å². The van der Waals surface area contributed by atoms with Crippen LogP contribution in [0.1, 0.15) is 43.7 Å². The summed E-state index contributed by atoms with van der Waals surface area (Å²) < 4.78 is 5.95. The quantitative estimate of drug-likeness (QED) is 0.860. The van der Waals surface area contributed by atoms with Crippen LogP contribution in [0.5, 0.6) is 5.75 Å². The molecular weight excluding hydrogens is 322 g/mol. The third-order valence-corrected chi connectivity index (χ3v) is 4.38. The van der Waals surface area contributed by atoms with E-state index >= 15 is 0 Å². The average Bonchev–Trinajstić information content (AvgIpc) is 2.45. The van der Waals surface area contributed by atoms with Gasteiger partial charge in [-0.3, -0.25) is 10.1 Å². The second-order valence-corrected chi connectivity index (χ2v) is 6.02. The van der Waals surface area contributed by atoms with Gasteiger partial charge in [0.1, 0.15) is 11.8 Å². The van der Waals surface area contributed by atoms with Crippen molar-refractivity contribution in [3.8, 4) is 5.75 Å². The zero-order valence-corrected chi connectivity index (χ0v) is 13.1. The number of hydrogen-bond donors (Lipinski definition) is 2. The van der Waals surface area contributed by atoms with Crippen molar-refractivity contribution in [3.63, 3.8) is 0 Å². The summed E-state index contributed by atoms with van der Waals surface area (Å²) in [6.45, 7) is 0. The van der Waals surface area contributed by atoms with Gasteiger partial charge in [-0.15, -0.1) is 0 Å². The second-order valence-electron chi connectivity index (χ2n) is 5.17. The molecule has 1 unspecified atom stereocenters. The number of benzene rings is 1. The van der Waals surface area contributed by atoms with Crippen molar-refractivity contribution in [2.45, 2.75) is 44.2 Å². The van der Waals surface area contributed by atoms with E-state index in [9.17, 15) is 9.90 Å². The number of nitrogens with one attached hydrogen (secondary N) is 1. The van der Waals surface area contributed by atoms with Crippen LogP contribution in [0.15, 0.2) is 22.7 Å². The summed E-state index contributed by atoms with van der Waals surface area (Å²) in [6.07, 6.45) is 5.72. The van der Waals surface area contributed by atoms with E-state index in [1.807, 2.05) is 6.07 Å². The lowest BCUT2D eigenvalue weighted by Gasteiger charge is -2.27. The molecule has 1 fully saturated rings. The molecule has 4 nitrogen and oxygen atoms in total. The molecule has 1 aromatic carbocycles. The topological polar surface area (TPSA) is 58.6 Å². The molecule has 1 aliphatic carbocycles. The molecule has 0 radical (unpaired) electrons. The lowest BCUT2D eigenvalue weighted by atomic mass is 9.94. The van der Waals surface area contributed by atoms with E-state index in [0.29, 0.717) is 11.8 Å². The van der Waals surface area contributed by atoms with Crippen LogP contribution in [-0.2, 0) is 4.79 Å². The van der Waals surface area contributed by atoms with Crippen molar-refractivity contribution in [2.24, 2.45) is 0 Å². The van der Waals surface area contributed by atoms with Crippen molar-refractivity contribution < 1.29 is 14.6 Å². The first-order valence-corrected chi connectivity index (χ1v) is 7.73. The summed E-state index contributed by atoms with van der Waals surface area (Å²) >= 11 is 3.40. The molecule has 2 rings (SSSR count). The van der Waals surface area contributed by atoms with E-state index in [1.54, 1.807) is 19.2 Å². The van der Waals surface area contributed by atoms with E-state index < -0.39 is 12.0 Å². The summed E-state index contributed by atoms with van der Waals surface area (Å²) in [6, 6.07) is 5.04. The lowest BCUT2D eigenvalue weighted by molar-refractivity contribution is -0.140. The molecule has 0 spiro atoms. The van der Waals surface area contributed by atoms with E-state index in [4.69, 9.17) is 4.74 Å². The first-order valence-electron chi connectivity index (χ1n) is 6.94. The Hall–Kier alpha value is -1.07. The number of ether oxygens (including phenoxy) is 1. The SMILES string of the molecule is COc1ccc(C(NC2CCCCC2)C(=O)O)cc1Br. The maximum atomic E-state index is 11.5. The fourth-order valence-corrected chi connectivity index (χ4v) is 3.24. The fraction of sp³-hybridized carbons (Fsp3) is 0.533. The molecule has 20 heavy (non-hydrogen) atoms. The third-order valence-electron chi connectivity index (χ3n) is 3.76. The van der Waals surface area contributed by atoms with Crippen LogP contribution in [0.3, 0.4) is 0 Å². The van der Waals surface area contributed by atoms with Crippen molar-refractivity contribution in [1.82, 2.24) is 5.32 Å². The standard InChI is InChI=1S/C15H20BrNO3/c1-20-13-8-7-10(9-12(13)16)14(15(18)19)17-11-5-3-2-4-6-11/h7-9,11,14,17H,2-6H2,1H3,(H,18,19). The van der Waals surface area contributed by atoms with Gasteiger partial charge in [0.15, 0.2) is 0 Å². The van der Waals surface area contributed by atoms with Crippen molar-refractivity contribution in [3.05, 3.63) is 28.2 Å². The maximum absolute atomic E-state index is 11.5. The number of carbonyl (C=O) groups is 1. The van der Waals surface area contributed by atoms with E-state index in [-0.39, 0.29) is 0 Å². The Kier molecular flexibility index (Phi) is 5.43. The van der Waals surface area contributed by atoms with Gasteiger partial charge in [0.25, 0.3) is 0 Å². The van der Waals surface area contributed by atoms with Crippen LogP contribution >= 0.6 is 15.9 Å². The Morgan fingerprint density at radius 1 is 1.40 bits per heavy atom. The molecule has 0 saturated heterocycles. The number of carboxylic acid groups (broad SMARTS) is 1. The molecule has 1 saturated carbocycles. The zero-order valence-electron chi connectivity index (χ0n) is 11.6. The predicted octanol–water partition coefficient (Wildman–Crippen LogP) is 3.51. The molecule has 2 N–H and O–H groups in total. The number of halogens is 1. The van der Waals surface area contributed by atoms with E-state index in [0.717, 1.165) is 22.9 Å². The van der Waals surface area contributed by atoms with Gasteiger partial charge in [-0.05, 0) is 46.5 Å². The molecule has 1 aliphatic rings. The van der Waals surface area contributed by atoms with Crippen molar-refractivity contribution >= 4 is 21.9 Å². The van der Waals surface area contributed by atoms with E-state index in [2.05, 4.69) is 21.2 Å². The minimum atomic E-state index is -0.840. The summed E-state index contributed by atoms with van der Waals surface area (Å²) in [5.41, 5.74) is 0.746. The fourth-order valence-electron chi connectivity index (χ4n) is 2.68. The van der Waals surface area contributed by atoms with Crippen LogP contribution in [0, 0.1) is 0 Å². The minimum Gasteiger partial charge on any atom is -0.496 e. The largest absolute Gasteiger partial charge is 0.496 e. The van der Waals surface area contributed by atoms with Crippen LogP contribution in [0.25, 0.3) is 0 Å². The van der Waals surface area contributed by atoms with Crippen molar-refractivity contribution in [2.75, 3.05) is 7.11 Å². The zero-order chi connectivity index (χ0) is 14.5. The average molecular weight is 342 g/mol. The van der Waals surface area contributed by atoms with Crippen LogP contribution < -0.4 is 10.1 Å². The van der Waals surface area contributed by atoms with Gasteiger partial charge in [-0.1, -0.05) is 25.3 Å². The highest BCUT2D eigenvalue weighted by atomic mass is 79.9. The molecule has 1 aromatic rings. The Morgan fingerprint density at radius 2 is 2.10 bits per heavy atom. The summed E-state index contributed by atoms with van der Waals surface area (Å²) in [4.78, 5) is 11.5. The highest BCUT2D eigenvalue weighted by Gasteiger charge is 2.25. The number of methoxy groups -OCH3 is 1. The third kappa shape index (κ3) is 3.73. The highest BCUT2D eigenvalue weighted by molar-refractivity contribution is 9.10. The number of rotatable bonds is 5. The molecule has 110 valence electrons. The lowest BCUT2D eigenvalue weighted by Crippen LogP contribution is -2.38. The molecule has 5 heteroatoms. The van der Waals surface area contributed by atoms with Crippen molar-refractivity contribution in [1.29, 1.82) is 0 Å². The minimum absolute atomic E-state index is 0.297. The number of carboxylic acids is 1. The summed E-state index contributed by atoms with van der Waals surface area (Å²) in [5, 5.41) is 12.7. The smallest absolute Gasteiger partial charge is 0.325 e. The summed E-state index contributed by atoms with van der Waals surface area (Å²) in [7, 11) is 1.59. The predicted molar refractivity (Wildman–Crippen MR) is 81.1 cm³/mol. The normalized spacial score (nSPS) is 17.7. The number of hydrogen-bond acceptors (Lipinski definition) is 3. The highest BCUT2D eigenvalue weighted by Crippen LogP contribution is 2.29. The van der Waals surface area contributed by atoms with Gasteiger partial charge in [0.05, 0.1) is 11.6 Å². The summed E-state index contributed by atoms with van der Waals surface area (Å²) in [5.74, 6) is -0.136. The first-order chi connectivity index (χ1) is 9.61. The van der Waals surface area contributed by atoms with E-state index in [1.165, 1.54) is 19.3 Å². The van der Waals surface area contributed by atoms with Gasteiger partial charge in [0.2, 0.25) is 0 Å². The van der Waals surface area contributed by atoms with Gasteiger partial charge in [-0.25, -0.2) is 0 Å². The maximum Gasteiger partial charge on any atom is 0.325 e. The molecule has 0 amide bonds. The van der Waals surface area contributed by atoms with Gasteiger partial charge < -0.3 is 9.84 Å². The Balaban J connectivity index is 2.15. The van der Waals surface area contributed by atoms with Gasteiger partial charge in [-0.2, -0.15) is 0 Å². The van der Waals surface area contributed by atoms with Gasteiger partial charge in [0, 0.05) is 6.04 Å². The van der Waals surface area contributed by atoms with Crippen LogP contribution in [-0.4, -0.2) is 24.2 Å². The molecular formula is C15H20BrNO3. The first kappa shape index (κ1) is 15.3. The molecule has 1 atom stereocenters. The second kappa shape index (κ2) is 7.09. The molecule has 0 aromatic heterocycles. The monoisotopic (exact) mass is 341 g/mol. The van der Waals surface area contributed by atoms with Crippen LogP contribution in [0.4, 0.5) is 0 Å². The Labute approximate surface area is 127 Å². The molecule has 0 heterocycles. The van der Waals surface area contributed by atoms with Gasteiger partial charge >= 0.3 is 5.97 Å². The molecule has 0 aliphatic heterocycles.